The van der Waals surface area contributed by atoms with Gasteiger partial charge in [0, 0.05) is 0 Å². The van der Waals surface area contributed by atoms with Gasteiger partial charge in [-0.3, -0.25) is 0 Å². The highest BCUT2D eigenvalue weighted by Crippen LogP contribution is 2.33. The lowest BCUT2D eigenvalue weighted by atomic mass is 10.1. The van der Waals surface area contributed by atoms with Crippen molar-refractivity contribution in [2.24, 2.45) is 0 Å². The molecule has 0 unspecified atom stereocenters. The Labute approximate surface area is 99.0 Å². The van der Waals surface area contributed by atoms with Crippen molar-refractivity contribution in [3.8, 4) is 5.75 Å². The molecule has 0 amide bonds. The number of ether oxygens (including phenoxy) is 1. The second kappa shape index (κ2) is 4.09. The highest BCUT2D eigenvalue weighted by molar-refractivity contribution is 5.59. The third-order valence-electron chi connectivity index (χ3n) is 2.87. The van der Waals surface area contributed by atoms with Crippen LogP contribution in [0.1, 0.15) is 11.6 Å². The molecule has 3 heteroatoms. The molecule has 1 atom stereocenters. The van der Waals surface area contributed by atoms with Crippen LogP contribution in [0, 0.1) is 5.82 Å². The Morgan fingerprint density at radius 3 is 2.88 bits per heavy atom. The number of benzene rings is 2. The summed E-state index contributed by atoms with van der Waals surface area (Å²) >= 11 is 0. The third-order valence-corrected chi connectivity index (χ3v) is 2.87. The first-order valence-electron chi connectivity index (χ1n) is 5.57. The van der Waals surface area contributed by atoms with Crippen molar-refractivity contribution in [2.75, 3.05) is 11.9 Å². The minimum absolute atomic E-state index is 0.000556. The van der Waals surface area contributed by atoms with Crippen molar-refractivity contribution >= 4 is 5.69 Å². The zero-order chi connectivity index (χ0) is 11.7. The van der Waals surface area contributed by atoms with Gasteiger partial charge in [0.15, 0.2) is 0 Å². The Morgan fingerprint density at radius 2 is 2.00 bits per heavy atom. The molecular formula is C14H12FNO. The molecule has 1 aliphatic rings. The fraction of sp³-hybridized carbons (Fsp3) is 0.143. The Hall–Kier alpha value is -2.03. The van der Waals surface area contributed by atoms with Crippen molar-refractivity contribution in [2.45, 2.75) is 6.04 Å². The van der Waals surface area contributed by atoms with Crippen LogP contribution in [0.15, 0.2) is 48.5 Å². The molecule has 0 spiro atoms. The first kappa shape index (κ1) is 10.1. The lowest BCUT2D eigenvalue weighted by Crippen LogP contribution is -2.23. The molecule has 3 rings (SSSR count). The van der Waals surface area contributed by atoms with E-state index < -0.39 is 0 Å². The summed E-state index contributed by atoms with van der Waals surface area (Å²) in [6.07, 6.45) is 0. The molecule has 86 valence electrons. The molecule has 2 aromatic rings. The Balaban J connectivity index is 1.89. The molecule has 0 saturated carbocycles. The molecule has 0 aliphatic carbocycles. The number of halogens is 1. The highest BCUT2D eigenvalue weighted by Gasteiger charge is 2.19. The lowest BCUT2D eigenvalue weighted by Gasteiger charge is -2.27. The maximum absolute atomic E-state index is 13.1. The van der Waals surface area contributed by atoms with Crippen LogP contribution in [0.3, 0.4) is 0 Å². The van der Waals surface area contributed by atoms with Gasteiger partial charge < -0.3 is 10.1 Å². The molecule has 17 heavy (non-hydrogen) atoms. The minimum atomic E-state index is -0.219. The van der Waals surface area contributed by atoms with Crippen LogP contribution in [-0.4, -0.2) is 6.61 Å². The second-order valence-corrected chi connectivity index (χ2v) is 4.06. The van der Waals surface area contributed by atoms with Crippen LogP contribution in [0.25, 0.3) is 0 Å². The SMILES string of the molecule is Fc1cccc([C@H]2COc3ccccc3N2)c1. The van der Waals surface area contributed by atoms with E-state index in [1.54, 1.807) is 6.07 Å². The van der Waals surface area contributed by atoms with E-state index in [9.17, 15) is 4.39 Å². The predicted molar refractivity (Wildman–Crippen MR) is 64.7 cm³/mol. The summed E-state index contributed by atoms with van der Waals surface area (Å²) in [5, 5.41) is 3.35. The smallest absolute Gasteiger partial charge is 0.142 e. The summed E-state index contributed by atoms with van der Waals surface area (Å²) in [5.41, 5.74) is 1.85. The van der Waals surface area contributed by atoms with Crippen LogP contribution in [0.4, 0.5) is 10.1 Å². The van der Waals surface area contributed by atoms with Gasteiger partial charge in [0.05, 0.1) is 11.7 Å². The van der Waals surface area contributed by atoms with E-state index in [0.29, 0.717) is 6.61 Å². The standard InChI is InChI=1S/C14H12FNO/c15-11-5-3-4-10(8-11)13-9-17-14-7-2-1-6-12(14)16-13/h1-8,13,16H,9H2/t13-/m1/s1. The van der Waals surface area contributed by atoms with E-state index in [1.165, 1.54) is 12.1 Å². The third kappa shape index (κ3) is 1.96. The van der Waals surface area contributed by atoms with E-state index in [1.807, 2.05) is 30.3 Å². The highest BCUT2D eigenvalue weighted by atomic mass is 19.1. The summed E-state index contributed by atoms with van der Waals surface area (Å²) in [6.45, 7) is 0.514. The lowest BCUT2D eigenvalue weighted by molar-refractivity contribution is 0.286. The van der Waals surface area contributed by atoms with Gasteiger partial charge >= 0.3 is 0 Å². The molecule has 2 aromatic carbocycles. The summed E-state index contributed by atoms with van der Waals surface area (Å²) in [4.78, 5) is 0. The van der Waals surface area contributed by atoms with Crippen LogP contribution < -0.4 is 10.1 Å². The Bertz CT molecular complexity index is 541. The van der Waals surface area contributed by atoms with E-state index in [2.05, 4.69) is 5.32 Å². The number of rotatable bonds is 1. The second-order valence-electron chi connectivity index (χ2n) is 4.06. The van der Waals surface area contributed by atoms with Gasteiger partial charge in [-0.2, -0.15) is 0 Å². The number of hydrogen-bond acceptors (Lipinski definition) is 2. The molecule has 2 nitrogen and oxygen atoms in total. The molecule has 0 aromatic heterocycles. The van der Waals surface area contributed by atoms with Crippen LogP contribution in [0.5, 0.6) is 5.75 Å². The van der Waals surface area contributed by atoms with Crippen molar-refractivity contribution in [1.82, 2.24) is 0 Å². The summed E-state index contributed by atoms with van der Waals surface area (Å²) in [5.74, 6) is 0.628. The molecule has 0 fully saturated rings. The summed E-state index contributed by atoms with van der Waals surface area (Å²) in [7, 11) is 0. The van der Waals surface area contributed by atoms with Gasteiger partial charge in [-0.25, -0.2) is 4.39 Å². The first-order valence-corrected chi connectivity index (χ1v) is 5.57. The monoisotopic (exact) mass is 229 g/mol. The number of hydrogen-bond donors (Lipinski definition) is 1. The zero-order valence-corrected chi connectivity index (χ0v) is 9.19. The maximum atomic E-state index is 13.1. The van der Waals surface area contributed by atoms with Crippen LogP contribution >= 0.6 is 0 Å². The van der Waals surface area contributed by atoms with E-state index >= 15 is 0 Å². The normalized spacial score (nSPS) is 17.8. The van der Waals surface area contributed by atoms with E-state index in [-0.39, 0.29) is 11.9 Å². The fourth-order valence-corrected chi connectivity index (χ4v) is 2.02. The van der Waals surface area contributed by atoms with E-state index in [0.717, 1.165) is 17.0 Å². The molecule has 1 heterocycles. The number of fused-ring (bicyclic) bond motifs is 1. The number of nitrogens with one attached hydrogen (secondary N) is 1. The van der Waals surface area contributed by atoms with Gasteiger partial charge in [0.2, 0.25) is 0 Å². The van der Waals surface area contributed by atoms with Gasteiger partial charge in [-0.15, -0.1) is 0 Å². The van der Waals surface area contributed by atoms with Gasteiger partial charge in [0.1, 0.15) is 18.2 Å². The molecule has 0 bridgehead atoms. The van der Waals surface area contributed by atoms with Crippen LogP contribution in [-0.2, 0) is 0 Å². The Kier molecular flexibility index (Phi) is 2.44. The van der Waals surface area contributed by atoms with Gasteiger partial charge in [-0.1, -0.05) is 24.3 Å². The Morgan fingerprint density at radius 1 is 1.12 bits per heavy atom. The van der Waals surface area contributed by atoms with Gasteiger partial charge in [-0.05, 0) is 29.8 Å². The minimum Gasteiger partial charge on any atom is -0.489 e. The largest absolute Gasteiger partial charge is 0.489 e. The molecular weight excluding hydrogens is 217 g/mol. The predicted octanol–water partition coefficient (Wildman–Crippen LogP) is 3.37. The molecule has 1 aliphatic heterocycles. The molecule has 0 radical (unpaired) electrons. The van der Waals surface area contributed by atoms with Crippen molar-refractivity contribution < 1.29 is 9.13 Å². The quantitative estimate of drug-likeness (QED) is 0.809. The van der Waals surface area contributed by atoms with E-state index in [4.69, 9.17) is 4.74 Å². The van der Waals surface area contributed by atoms with Gasteiger partial charge in [0.25, 0.3) is 0 Å². The summed E-state index contributed by atoms with van der Waals surface area (Å²) < 4.78 is 18.8. The maximum Gasteiger partial charge on any atom is 0.142 e. The fourth-order valence-electron chi connectivity index (χ4n) is 2.02. The summed E-state index contributed by atoms with van der Waals surface area (Å²) in [6, 6.07) is 14.4. The zero-order valence-electron chi connectivity index (χ0n) is 9.19. The van der Waals surface area contributed by atoms with Crippen LogP contribution in [0.2, 0.25) is 0 Å². The van der Waals surface area contributed by atoms with Crippen molar-refractivity contribution in [1.29, 1.82) is 0 Å². The average Bonchev–Trinajstić information content (AvgIpc) is 2.38. The topological polar surface area (TPSA) is 21.3 Å². The molecule has 0 saturated heterocycles. The van der Waals surface area contributed by atoms with Crippen molar-refractivity contribution in [3.05, 3.63) is 59.9 Å². The number of para-hydroxylation sites is 2. The first-order chi connectivity index (χ1) is 8.33. The number of anilines is 1. The molecule has 1 N–H and O–H groups in total. The average molecular weight is 229 g/mol. The van der Waals surface area contributed by atoms with Crippen molar-refractivity contribution in [3.63, 3.8) is 0 Å².